The fraction of sp³-hybridized carbons (Fsp3) is 0.300. The molecule has 84 valence electrons. The number of carbonyl (C=O) groups is 1. The third kappa shape index (κ3) is 2.11. The van der Waals surface area contributed by atoms with Gasteiger partial charge < -0.3 is 4.52 Å². The lowest BCUT2D eigenvalue weighted by Crippen LogP contribution is -2.11. The van der Waals surface area contributed by atoms with Crippen LogP contribution in [0.2, 0.25) is 0 Å². The molecule has 0 radical (unpaired) electrons. The molecule has 0 aliphatic carbocycles. The number of nitrogens with one attached hydrogen (secondary N) is 1. The predicted molar refractivity (Wildman–Crippen MR) is 60.8 cm³/mol. The number of hydrogen-bond acceptors (Lipinski definition) is 5. The van der Waals surface area contributed by atoms with Crippen molar-refractivity contribution in [3.05, 3.63) is 28.1 Å². The highest BCUT2D eigenvalue weighted by Crippen LogP contribution is 2.21. The number of amides is 1. The summed E-state index contributed by atoms with van der Waals surface area (Å²) in [5, 5.41) is 6.89. The third-order valence-electron chi connectivity index (χ3n) is 2.11. The maximum atomic E-state index is 11.7. The molecule has 0 saturated heterocycles. The number of aromatic nitrogens is 2. The number of nitrogens with zero attached hydrogens (tertiary/aromatic N) is 2. The first-order chi connectivity index (χ1) is 7.56. The molecule has 2 heterocycles. The molecule has 0 atom stereocenters. The van der Waals surface area contributed by atoms with Crippen LogP contribution in [-0.4, -0.2) is 16.0 Å². The van der Waals surface area contributed by atoms with Crippen LogP contribution in [0.15, 0.2) is 10.6 Å². The second-order valence-electron chi connectivity index (χ2n) is 3.44. The topological polar surface area (TPSA) is 68.0 Å². The predicted octanol–water partition coefficient (Wildman–Crippen LogP) is 2.31. The summed E-state index contributed by atoms with van der Waals surface area (Å²) in [6.45, 7) is 5.60. The van der Waals surface area contributed by atoms with Gasteiger partial charge in [-0.15, -0.1) is 11.3 Å². The molecule has 0 aliphatic rings. The van der Waals surface area contributed by atoms with Gasteiger partial charge in [0.25, 0.3) is 5.91 Å². The highest BCUT2D eigenvalue weighted by molar-refractivity contribution is 7.15. The second-order valence-corrected chi connectivity index (χ2v) is 4.64. The third-order valence-corrected chi connectivity index (χ3v) is 3.10. The Morgan fingerprint density at radius 3 is 2.69 bits per heavy atom. The summed E-state index contributed by atoms with van der Waals surface area (Å²) in [4.78, 5) is 17.0. The highest BCUT2D eigenvalue weighted by Gasteiger charge is 2.13. The lowest BCUT2D eigenvalue weighted by molar-refractivity contribution is 0.101. The van der Waals surface area contributed by atoms with Crippen LogP contribution in [0.1, 0.15) is 26.8 Å². The minimum atomic E-state index is -0.300. The number of thiazole rings is 1. The van der Waals surface area contributed by atoms with Crippen LogP contribution in [0, 0.1) is 20.8 Å². The molecule has 2 aromatic heterocycles. The largest absolute Gasteiger partial charge is 0.361 e. The van der Waals surface area contributed by atoms with Crippen molar-refractivity contribution in [2.24, 2.45) is 0 Å². The Morgan fingerprint density at radius 2 is 2.19 bits per heavy atom. The molecular formula is C10H11N3O2S. The van der Waals surface area contributed by atoms with Crippen molar-refractivity contribution in [2.45, 2.75) is 20.8 Å². The van der Waals surface area contributed by atoms with E-state index in [1.807, 2.05) is 13.8 Å². The van der Waals surface area contributed by atoms with Gasteiger partial charge in [0.05, 0.1) is 5.69 Å². The van der Waals surface area contributed by atoms with Crippen molar-refractivity contribution in [1.29, 1.82) is 0 Å². The Balaban J connectivity index is 2.13. The molecule has 1 N–H and O–H groups in total. The van der Waals surface area contributed by atoms with Crippen LogP contribution in [0.4, 0.5) is 5.13 Å². The summed E-state index contributed by atoms with van der Waals surface area (Å²) < 4.78 is 4.82. The average Bonchev–Trinajstić information content (AvgIpc) is 2.75. The zero-order chi connectivity index (χ0) is 11.7. The Labute approximate surface area is 96.5 Å². The summed E-state index contributed by atoms with van der Waals surface area (Å²) in [6, 6.07) is 1.59. The maximum absolute atomic E-state index is 11.7. The van der Waals surface area contributed by atoms with Crippen molar-refractivity contribution in [1.82, 2.24) is 10.1 Å². The van der Waals surface area contributed by atoms with Crippen LogP contribution >= 0.6 is 11.3 Å². The minimum Gasteiger partial charge on any atom is -0.361 e. The molecule has 0 unspecified atom stereocenters. The Bertz CT molecular complexity index is 510. The molecule has 2 rings (SSSR count). The summed E-state index contributed by atoms with van der Waals surface area (Å²) >= 11 is 1.44. The van der Waals surface area contributed by atoms with Crippen molar-refractivity contribution < 1.29 is 9.32 Å². The molecule has 0 aromatic carbocycles. The van der Waals surface area contributed by atoms with Crippen LogP contribution in [-0.2, 0) is 0 Å². The van der Waals surface area contributed by atoms with Gasteiger partial charge in [0, 0.05) is 10.9 Å². The number of hydrogen-bond donors (Lipinski definition) is 1. The molecule has 5 nitrogen and oxygen atoms in total. The SMILES string of the molecule is Cc1cc(C(=O)Nc2nc(C)c(C)s2)no1. The van der Waals surface area contributed by atoms with Crippen molar-refractivity contribution >= 4 is 22.4 Å². The first-order valence-corrected chi connectivity index (χ1v) is 5.56. The van der Waals surface area contributed by atoms with Crippen LogP contribution in [0.25, 0.3) is 0 Å². The Kier molecular flexibility index (Phi) is 2.74. The van der Waals surface area contributed by atoms with Gasteiger partial charge in [0.2, 0.25) is 0 Å². The van der Waals surface area contributed by atoms with E-state index in [1.165, 1.54) is 11.3 Å². The van der Waals surface area contributed by atoms with E-state index >= 15 is 0 Å². The van der Waals surface area contributed by atoms with E-state index in [0.29, 0.717) is 10.9 Å². The molecule has 0 aliphatic heterocycles. The van der Waals surface area contributed by atoms with Gasteiger partial charge in [0.1, 0.15) is 5.76 Å². The molecule has 0 spiro atoms. The van der Waals surface area contributed by atoms with E-state index in [1.54, 1.807) is 13.0 Å². The highest BCUT2D eigenvalue weighted by atomic mass is 32.1. The van der Waals surface area contributed by atoms with Crippen LogP contribution in [0.5, 0.6) is 0 Å². The van der Waals surface area contributed by atoms with Crippen LogP contribution in [0.3, 0.4) is 0 Å². The Morgan fingerprint density at radius 1 is 1.44 bits per heavy atom. The van der Waals surface area contributed by atoms with E-state index in [2.05, 4.69) is 15.5 Å². The first-order valence-electron chi connectivity index (χ1n) is 4.75. The van der Waals surface area contributed by atoms with Gasteiger partial charge in [-0.2, -0.15) is 0 Å². The summed E-state index contributed by atoms with van der Waals surface area (Å²) in [5.41, 5.74) is 1.19. The molecule has 0 saturated carbocycles. The molecular weight excluding hydrogens is 226 g/mol. The Hall–Kier alpha value is -1.69. The lowest BCUT2D eigenvalue weighted by Gasteiger charge is -1.95. The number of anilines is 1. The van der Waals surface area contributed by atoms with Gasteiger partial charge >= 0.3 is 0 Å². The van der Waals surface area contributed by atoms with Gasteiger partial charge in [-0.25, -0.2) is 4.98 Å². The quantitative estimate of drug-likeness (QED) is 0.870. The monoisotopic (exact) mass is 237 g/mol. The van der Waals surface area contributed by atoms with Gasteiger partial charge in [0.15, 0.2) is 10.8 Å². The van der Waals surface area contributed by atoms with Gasteiger partial charge in [-0.3, -0.25) is 10.1 Å². The first kappa shape index (κ1) is 10.8. The van der Waals surface area contributed by atoms with E-state index in [-0.39, 0.29) is 11.6 Å². The average molecular weight is 237 g/mol. The molecule has 1 amide bonds. The van der Waals surface area contributed by atoms with Gasteiger partial charge in [-0.05, 0) is 20.8 Å². The number of carbonyl (C=O) groups excluding carboxylic acids is 1. The number of rotatable bonds is 2. The number of aryl methyl sites for hydroxylation is 3. The standard InChI is InChI=1S/C10H11N3O2S/c1-5-4-8(13-15-5)9(14)12-10-11-6(2)7(3)16-10/h4H,1-3H3,(H,11,12,14). The summed E-state index contributed by atoms with van der Waals surface area (Å²) in [6.07, 6.45) is 0. The van der Waals surface area contributed by atoms with Crippen LogP contribution < -0.4 is 5.32 Å². The summed E-state index contributed by atoms with van der Waals surface area (Å²) in [7, 11) is 0. The van der Waals surface area contributed by atoms with E-state index in [9.17, 15) is 4.79 Å². The molecule has 0 bridgehead atoms. The molecule has 2 aromatic rings. The fourth-order valence-electron chi connectivity index (χ4n) is 1.16. The lowest BCUT2D eigenvalue weighted by atomic mass is 10.3. The second kappa shape index (κ2) is 4.05. The molecule has 16 heavy (non-hydrogen) atoms. The zero-order valence-corrected chi connectivity index (χ0v) is 10.0. The van der Waals surface area contributed by atoms with Crippen molar-refractivity contribution in [3.8, 4) is 0 Å². The van der Waals surface area contributed by atoms with Crippen molar-refractivity contribution in [2.75, 3.05) is 5.32 Å². The smallest absolute Gasteiger partial charge is 0.279 e. The summed E-state index contributed by atoms with van der Waals surface area (Å²) in [5.74, 6) is 0.308. The van der Waals surface area contributed by atoms with Gasteiger partial charge in [-0.1, -0.05) is 5.16 Å². The van der Waals surface area contributed by atoms with E-state index in [0.717, 1.165) is 10.6 Å². The normalized spacial score (nSPS) is 10.4. The minimum absolute atomic E-state index is 0.267. The van der Waals surface area contributed by atoms with E-state index in [4.69, 9.17) is 4.52 Å². The molecule has 0 fully saturated rings. The van der Waals surface area contributed by atoms with E-state index < -0.39 is 0 Å². The van der Waals surface area contributed by atoms with Crippen molar-refractivity contribution in [3.63, 3.8) is 0 Å². The molecule has 6 heteroatoms. The fourth-order valence-corrected chi connectivity index (χ4v) is 1.97. The maximum Gasteiger partial charge on any atom is 0.279 e. The zero-order valence-electron chi connectivity index (χ0n) is 9.20.